The molecule has 2 saturated heterocycles. The maximum absolute atomic E-state index is 14.2. The molecule has 2 aliphatic heterocycles. The second kappa shape index (κ2) is 14.0. The minimum Gasteiger partial charge on any atom is -0.479 e. The summed E-state index contributed by atoms with van der Waals surface area (Å²) in [6.07, 6.45) is -5.66. The zero-order chi connectivity index (χ0) is 35.9. The van der Waals surface area contributed by atoms with Crippen LogP contribution in [0.1, 0.15) is 26.3 Å². The highest BCUT2D eigenvalue weighted by atomic mass is 127. The van der Waals surface area contributed by atoms with E-state index in [1.807, 2.05) is 0 Å². The van der Waals surface area contributed by atoms with Crippen LogP contribution in [0, 0.1) is 0 Å². The fourth-order valence-corrected chi connectivity index (χ4v) is 5.07. The number of ether oxygens (including phenoxy) is 3. The van der Waals surface area contributed by atoms with Crippen LogP contribution in [0.15, 0.2) is 17.4 Å². The monoisotopic (exact) mass is 812 g/mol. The molecule has 0 saturated carbocycles. The van der Waals surface area contributed by atoms with Crippen LogP contribution in [0.4, 0.5) is 20.7 Å². The molecule has 0 aromatic carbocycles. The maximum Gasteiger partial charge on any atom is 0.280 e. The Kier molecular flexibility index (Phi) is 11.0. The number of methoxy groups -OCH3 is 1. The zero-order valence-electron chi connectivity index (χ0n) is 26.9. The van der Waals surface area contributed by atoms with Crippen molar-refractivity contribution in [2.75, 3.05) is 31.8 Å². The summed E-state index contributed by atoms with van der Waals surface area (Å²) in [5.41, 5.74) is 6.71. The molecule has 0 bridgehead atoms. The summed E-state index contributed by atoms with van der Waals surface area (Å²) in [5, 5.41) is 38.9. The molecule has 6 rings (SSSR count). The van der Waals surface area contributed by atoms with E-state index in [1.54, 1.807) is 0 Å². The molecule has 9 N–H and O–H groups in total. The van der Waals surface area contributed by atoms with Gasteiger partial charge < -0.3 is 46.1 Å². The Labute approximate surface area is 285 Å². The van der Waals surface area contributed by atoms with E-state index in [2.05, 4.69) is 71.3 Å². The van der Waals surface area contributed by atoms with Gasteiger partial charge in [0.15, 0.2) is 47.1 Å². The van der Waals surface area contributed by atoms with E-state index in [-0.39, 0.29) is 34.6 Å². The van der Waals surface area contributed by atoms with Gasteiger partial charge in [-0.2, -0.15) is 15.0 Å². The van der Waals surface area contributed by atoms with Crippen molar-refractivity contribution in [1.82, 2.24) is 39.0 Å². The molecule has 0 amide bonds. The van der Waals surface area contributed by atoms with Crippen LogP contribution < -0.4 is 21.8 Å². The molecule has 8 atom stereocenters. The second-order valence-corrected chi connectivity index (χ2v) is 26.3. The molecule has 6 heterocycles. The molecule has 0 unspecified atom stereocenters. The Balaban J connectivity index is 0.000000191. The first kappa shape index (κ1) is 37.7. The Morgan fingerprint density at radius 2 is 1.38 bits per heavy atom. The summed E-state index contributed by atoms with van der Waals surface area (Å²) in [4.78, 5) is 33.8. The predicted molar refractivity (Wildman–Crippen MR) is 179 cm³/mol. The number of alkyl halides is 2. The number of aliphatic hydroxyl groups excluding tert-OH is 2. The van der Waals surface area contributed by atoms with Crippen LogP contribution >= 0.6 is 21.8 Å². The lowest BCUT2D eigenvalue weighted by atomic mass is 9.98. The number of nitrogens with two attached hydrogens (primary N) is 2. The number of H-pyrrole nitrogens is 1. The number of halogens is 3. The molecule has 4 aromatic rings. The molecule has 4 aromatic heterocycles. The van der Waals surface area contributed by atoms with Gasteiger partial charge >= 0.3 is 0 Å². The van der Waals surface area contributed by atoms with Gasteiger partial charge in [0.25, 0.3) is 5.56 Å². The molecular weight excluding hydrogens is 773 g/mol. The van der Waals surface area contributed by atoms with Crippen molar-refractivity contribution in [3.63, 3.8) is 0 Å². The van der Waals surface area contributed by atoms with Gasteiger partial charge in [-0.25, -0.2) is 18.7 Å². The topological polar surface area (TPSA) is 268 Å². The smallest absolute Gasteiger partial charge is 0.280 e. The fraction of sp³-hybridized carbons (Fsp3) is 0.615. The van der Waals surface area contributed by atoms with E-state index in [1.165, 1.54) is 42.7 Å². The van der Waals surface area contributed by atoms with Gasteiger partial charge in [-0.3, -0.25) is 18.9 Å². The van der Waals surface area contributed by atoms with E-state index in [4.69, 9.17) is 35.9 Å². The van der Waals surface area contributed by atoms with E-state index < -0.39 is 72.6 Å². The first-order chi connectivity index (χ1) is 22.3. The van der Waals surface area contributed by atoms with Crippen molar-refractivity contribution in [3.8, 4) is 5.88 Å². The summed E-state index contributed by atoms with van der Waals surface area (Å²) >= 11 is 2.52. The third-order valence-corrected chi connectivity index (χ3v) is 7.29. The summed E-state index contributed by atoms with van der Waals surface area (Å²) in [6.45, 7) is 8.32. The summed E-state index contributed by atoms with van der Waals surface area (Å²) < 4.78 is 46.6. The number of hydrogen-bond acceptors (Lipinski definition) is 15. The van der Waals surface area contributed by atoms with Gasteiger partial charge in [0.1, 0.15) is 29.0 Å². The fourth-order valence-electron chi connectivity index (χ4n) is 5.07. The number of nitrogen functional groups attached to an aromatic ring is 2. The average Bonchev–Trinajstić information content (AvgIpc) is 3.71. The number of rotatable bonds is 5. The zero-order valence-corrected chi connectivity index (χ0v) is 30.0. The predicted octanol–water partition coefficient (Wildman–Crippen LogP) is 0.333. The average molecular weight is 813 g/mol. The third-order valence-electron chi connectivity index (χ3n) is 7.29. The highest BCUT2D eigenvalue weighted by molar-refractivity contribution is 14.1. The molecule has 2 aliphatic rings. The maximum atomic E-state index is 14.2. The Hall–Kier alpha value is -3.13. The molecule has 22 heteroatoms. The molecule has 2 fully saturated rings. The first-order valence-corrected chi connectivity index (χ1v) is 21.1. The minimum atomic E-state index is -1.92. The Bertz CT molecular complexity index is 1800. The molecule has 0 aliphatic carbocycles. The van der Waals surface area contributed by atoms with Crippen LogP contribution in [-0.2, 0) is 9.47 Å². The number of aromatic nitrogens is 8. The highest BCUT2D eigenvalue weighted by Crippen LogP contribution is 2.42. The summed E-state index contributed by atoms with van der Waals surface area (Å²) in [7, 11) is 1.40. The lowest BCUT2D eigenvalue weighted by Crippen LogP contribution is -2.41. The van der Waals surface area contributed by atoms with Gasteiger partial charge in [-0.1, -0.05) is 19.6 Å². The van der Waals surface area contributed by atoms with Gasteiger partial charge in [0.05, 0.1) is 33.0 Å². The minimum absolute atomic E-state index is 0.00791. The lowest BCUT2D eigenvalue weighted by molar-refractivity contribution is -0.0892. The number of anilines is 2. The van der Waals surface area contributed by atoms with Crippen molar-refractivity contribution in [3.05, 3.63) is 23.0 Å². The second-order valence-electron chi connectivity index (χ2n) is 12.4. The number of nitrogens with one attached hydrogen (secondary N) is 1. The number of nitrogens with zero attached hydrogens (tertiary/aromatic N) is 7. The lowest BCUT2D eigenvalue weighted by Gasteiger charge is -2.26. The van der Waals surface area contributed by atoms with Crippen molar-refractivity contribution in [1.29, 1.82) is 0 Å². The van der Waals surface area contributed by atoms with Gasteiger partial charge in [-0.15, -0.1) is 21.8 Å². The van der Waals surface area contributed by atoms with E-state index >= 15 is 0 Å². The summed E-state index contributed by atoms with van der Waals surface area (Å²) in [5.74, 6) is -0.0314. The van der Waals surface area contributed by atoms with Crippen molar-refractivity contribution in [2.45, 2.75) is 81.7 Å². The number of aromatic amines is 1. The third kappa shape index (κ3) is 7.39. The Morgan fingerprint density at radius 3 is 1.79 bits per heavy atom. The highest BCUT2D eigenvalue weighted by Gasteiger charge is 2.55. The van der Waals surface area contributed by atoms with E-state index in [9.17, 15) is 23.8 Å². The molecular formula is C26H39F2IN10O8Si. The molecule has 0 radical (unpaired) electrons. The Morgan fingerprint density at radius 1 is 0.938 bits per heavy atom. The number of aliphatic hydroxyl groups is 4. The largest absolute Gasteiger partial charge is 0.479 e. The van der Waals surface area contributed by atoms with Crippen LogP contribution in [0.5, 0.6) is 5.88 Å². The quantitative estimate of drug-likeness (QED) is 0.0814. The van der Waals surface area contributed by atoms with Crippen molar-refractivity contribution >= 4 is 61.6 Å². The number of fused-ring (bicyclic) bond motifs is 2. The van der Waals surface area contributed by atoms with Crippen LogP contribution in [0.25, 0.3) is 22.3 Å². The van der Waals surface area contributed by atoms with Crippen molar-refractivity contribution in [2.24, 2.45) is 0 Å². The van der Waals surface area contributed by atoms with Crippen LogP contribution in [-0.4, -0.2) is 121 Å². The van der Waals surface area contributed by atoms with Gasteiger partial charge in [0, 0.05) is 0 Å². The standard InChI is InChI=1S/C12H16FN5O4.C11H14FN5O4.C3H9ISi/c1-12(20)7(13)5(3-19)22-10(12)18-4-15-6-8(18)16-11(14)17-9(6)21-2;1-11(20)6(12)4(2-18)21-9(11)17-3-14-5-7(17)15-10(13)16-8(5)19;1-5(2,3)4/h4-5,7,10,19-20H,3H2,1-2H3,(H2,14,16,17);3-4,6,9,18,20H,2H2,1H3,(H3,13,15,16,19);1-3H3/t5-,7-,10-,12-;4-,6-,9-,11-;/m11./s1. The molecule has 18 nitrogen and oxygen atoms in total. The van der Waals surface area contributed by atoms with E-state index in [0.29, 0.717) is 5.52 Å². The van der Waals surface area contributed by atoms with E-state index in [0.717, 1.165) is 0 Å². The molecule has 266 valence electrons. The number of hydrogen-bond donors (Lipinski definition) is 7. The number of imidazole rings is 2. The molecule has 0 spiro atoms. The van der Waals surface area contributed by atoms with Crippen LogP contribution in [0.2, 0.25) is 19.6 Å². The normalized spacial score (nSPS) is 30.2. The van der Waals surface area contributed by atoms with Crippen molar-refractivity contribution < 1.29 is 43.4 Å². The first-order valence-electron chi connectivity index (χ1n) is 14.5. The van der Waals surface area contributed by atoms with Gasteiger partial charge in [0.2, 0.25) is 17.8 Å². The summed E-state index contributed by atoms with van der Waals surface area (Å²) in [6, 6.07) is 0. The molecule has 48 heavy (non-hydrogen) atoms. The van der Waals surface area contributed by atoms with Gasteiger partial charge in [-0.05, 0) is 13.8 Å². The van der Waals surface area contributed by atoms with Crippen LogP contribution in [0.3, 0.4) is 0 Å². The SMILES string of the molecule is COc1nc(N)nc2c1ncn2[C@@H]1O[C@H](CO)[C@@H](F)[C@@]1(C)O.C[C@@]1(O)[C@H](F)[C@@H](CO)O[C@H]1n1cnc2c(=O)[nH]c(N)nc21.C[Si](C)(C)I.